The summed E-state index contributed by atoms with van der Waals surface area (Å²) in [5.41, 5.74) is 2.89. The quantitative estimate of drug-likeness (QED) is 0.926. The molecule has 24 heavy (non-hydrogen) atoms. The highest BCUT2D eigenvalue weighted by Gasteiger charge is 2.35. The van der Waals surface area contributed by atoms with E-state index in [1.54, 1.807) is 29.2 Å². The third-order valence-corrected chi connectivity index (χ3v) is 5.67. The molecule has 0 radical (unpaired) electrons. The van der Waals surface area contributed by atoms with E-state index in [2.05, 4.69) is 4.72 Å². The molecule has 0 aliphatic carbocycles. The number of carbonyl (C=O) groups excluding carboxylic acids is 1. The highest BCUT2D eigenvalue weighted by atomic mass is 32.2. The molecule has 126 valence electrons. The van der Waals surface area contributed by atoms with Crippen LogP contribution in [0.2, 0.25) is 0 Å². The molecular formula is C18H20N2O3S. The van der Waals surface area contributed by atoms with Crippen LogP contribution in [0.3, 0.4) is 0 Å². The van der Waals surface area contributed by atoms with Gasteiger partial charge in [-0.25, -0.2) is 8.42 Å². The Labute approximate surface area is 142 Å². The van der Waals surface area contributed by atoms with Gasteiger partial charge in [-0.15, -0.1) is 0 Å². The zero-order chi connectivity index (χ0) is 17.3. The Balaban J connectivity index is 1.76. The average molecular weight is 344 g/mol. The Morgan fingerprint density at radius 1 is 0.958 bits per heavy atom. The number of hydrogen-bond donors (Lipinski definition) is 1. The van der Waals surface area contributed by atoms with Gasteiger partial charge in [0.25, 0.3) is 0 Å². The summed E-state index contributed by atoms with van der Waals surface area (Å²) in [6.45, 7) is 4.38. The molecule has 1 N–H and O–H groups in total. The number of benzene rings is 2. The smallest absolute Gasteiger partial charge is 0.245 e. The van der Waals surface area contributed by atoms with Crippen LogP contribution in [0.4, 0.5) is 5.69 Å². The molecule has 1 amide bonds. The second-order valence-electron chi connectivity index (χ2n) is 6.10. The van der Waals surface area contributed by atoms with E-state index >= 15 is 0 Å². The fraction of sp³-hybridized carbons (Fsp3) is 0.278. The minimum atomic E-state index is -3.70. The average Bonchev–Trinajstić information content (AvgIpc) is 2.89. The second kappa shape index (κ2) is 6.37. The monoisotopic (exact) mass is 344 g/mol. The van der Waals surface area contributed by atoms with Crippen molar-refractivity contribution in [2.24, 2.45) is 0 Å². The van der Waals surface area contributed by atoms with E-state index in [0.717, 1.165) is 16.8 Å². The summed E-state index contributed by atoms with van der Waals surface area (Å²) < 4.78 is 27.4. The fourth-order valence-corrected chi connectivity index (χ4v) is 3.97. The van der Waals surface area contributed by atoms with E-state index < -0.39 is 16.1 Å². The molecule has 6 heteroatoms. The van der Waals surface area contributed by atoms with Gasteiger partial charge < -0.3 is 4.90 Å². The molecule has 0 aromatic heterocycles. The summed E-state index contributed by atoms with van der Waals surface area (Å²) in [6.07, 6.45) is 0.456. The number of aryl methyl sites for hydroxylation is 2. The van der Waals surface area contributed by atoms with Crippen LogP contribution in [0.5, 0.6) is 0 Å². The number of rotatable bonds is 4. The molecule has 0 saturated carbocycles. The molecule has 5 nitrogen and oxygen atoms in total. The van der Waals surface area contributed by atoms with Gasteiger partial charge in [-0.3, -0.25) is 4.79 Å². The first-order valence-electron chi connectivity index (χ1n) is 7.84. The molecule has 1 heterocycles. The van der Waals surface area contributed by atoms with Crippen LogP contribution in [-0.2, 0) is 14.8 Å². The predicted molar refractivity (Wildman–Crippen MR) is 93.4 cm³/mol. The maximum atomic E-state index is 12.6. The molecule has 1 saturated heterocycles. The van der Waals surface area contributed by atoms with Crippen LogP contribution in [-0.4, -0.2) is 26.9 Å². The molecule has 1 aliphatic heterocycles. The van der Waals surface area contributed by atoms with Crippen LogP contribution in [0.25, 0.3) is 0 Å². The zero-order valence-electron chi connectivity index (χ0n) is 13.7. The van der Waals surface area contributed by atoms with Crippen LogP contribution in [0.1, 0.15) is 17.5 Å². The molecule has 1 fully saturated rings. The Hall–Kier alpha value is -2.18. The van der Waals surface area contributed by atoms with Crippen molar-refractivity contribution in [3.05, 3.63) is 59.7 Å². The Kier molecular flexibility index (Phi) is 4.43. The second-order valence-corrected chi connectivity index (χ2v) is 7.82. The summed E-state index contributed by atoms with van der Waals surface area (Å²) >= 11 is 0. The van der Waals surface area contributed by atoms with Crippen LogP contribution < -0.4 is 9.62 Å². The summed E-state index contributed by atoms with van der Waals surface area (Å²) in [5, 5.41) is 0. The van der Waals surface area contributed by atoms with Gasteiger partial charge in [0.1, 0.15) is 6.04 Å². The first-order valence-corrected chi connectivity index (χ1v) is 9.32. The molecule has 2 aromatic carbocycles. The predicted octanol–water partition coefficient (Wildman–Crippen LogP) is 2.39. The van der Waals surface area contributed by atoms with E-state index in [1.807, 2.05) is 38.1 Å². The maximum absolute atomic E-state index is 12.6. The van der Waals surface area contributed by atoms with Crippen molar-refractivity contribution in [3.63, 3.8) is 0 Å². The lowest BCUT2D eigenvalue weighted by atomic mass is 10.2. The highest BCUT2D eigenvalue weighted by molar-refractivity contribution is 7.89. The number of amides is 1. The number of nitrogens with zero attached hydrogens (tertiary/aromatic N) is 1. The third kappa shape index (κ3) is 3.34. The van der Waals surface area contributed by atoms with E-state index in [0.29, 0.717) is 13.0 Å². The van der Waals surface area contributed by atoms with Crippen molar-refractivity contribution >= 4 is 21.6 Å². The lowest BCUT2D eigenvalue weighted by Gasteiger charge is -2.17. The summed E-state index contributed by atoms with van der Waals surface area (Å²) in [6, 6.07) is 13.5. The number of hydrogen-bond acceptors (Lipinski definition) is 3. The normalized spacial score (nSPS) is 18.2. The molecule has 1 aliphatic rings. The molecule has 3 rings (SSSR count). The molecule has 1 atom stereocenters. The van der Waals surface area contributed by atoms with Crippen LogP contribution in [0, 0.1) is 13.8 Å². The fourth-order valence-electron chi connectivity index (χ4n) is 2.74. The van der Waals surface area contributed by atoms with Gasteiger partial charge in [-0.2, -0.15) is 4.72 Å². The van der Waals surface area contributed by atoms with Gasteiger partial charge in [0, 0.05) is 12.2 Å². The first-order chi connectivity index (χ1) is 11.4. The van der Waals surface area contributed by atoms with E-state index in [9.17, 15) is 13.2 Å². The van der Waals surface area contributed by atoms with Crippen LogP contribution >= 0.6 is 0 Å². The summed E-state index contributed by atoms with van der Waals surface area (Å²) in [4.78, 5) is 14.4. The third-order valence-electron chi connectivity index (χ3n) is 4.18. The van der Waals surface area contributed by atoms with Crippen molar-refractivity contribution in [1.82, 2.24) is 4.72 Å². The van der Waals surface area contributed by atoms with Crippen molar-refractivity contribution in [2.45, 2.75) is 31.2 Å². The highest BCUT2D eigenvalue weighted by Crippen LogP contribution is 2.23. The maximum Gasteiger partial charge on any atom is 0.245 e. The summed E-state index contributed by atoms with van der Waals surface area (Å²) in [5.74, 6) is -0.213. The minimum absolute atomic E-state index is 0.176. The van der Waals surface area contributed by atoms with Crippen molar-refractivity contribution in [1.29, 1.82) is 0 Å². The molecule has 1 unspecified atom stereocenters. The van der Waals surface area contributed by atoms with Crippen LogP contribution in [0.15, 0.2) is 53.4 Å². The van der Waals surface area contributed by atoms with Gasteiger partial charge in [0.15, 0.2) is 0 Å². The molecule has 2 aromatic rings. The first kappa shape index (κ1) is 16.7. The number of nitrogens with one attached hydrogen (secondary N) is 1. The number of sulfonamides is 1. The van der Waals surface area contributed by atoms with Crippen molar-refractivity contribution < 1.29 is 13.2 Å². The molecule has 0 bridgehead atoms. The van der Waals surface area contributed by atoms with E-state index in [-0.39, 0.29) is 10.8 Å². The Morgan fingerprint density at radius 2 is 1.50 bits per heavy atom. The van der Waals surface area contributed by atoms with E-state index in [4.69, 9.17) is 0 Å². The summed E-state index contributed by atoms with van der Waals surface area (Å²) in [7, 11) is -3.70. The minimum Gasteiger partial charge on any atom is -0.311 e. The molecular weight excluding hydrogens is 324 g/mol. The number of carbonyl (C=O) groups is 1. The van der Waals surface area contributed by atoms with Gasteiger partial charge in [0.2, 0.25) is 15.9 Å². The van der Waals surface area contributed by atoms with Crippen molar-refractivity contribution in [3.8, 4) is 0 Å². The van der Waals surface area contributed by atoms with Gasteiger partial charge in [-0.1, -0.05) is 35.4 Å². The standard InChI is InChI=1S/C18H20N2O3S/c1-13-3-7-15(8-4-13)20-12-11-17(18(20)21)19-24(22,23)16-9-5-14(2)6-10-16/h3-10,17,19H,11-12H2,1-2H3. The lowest BCUT2D eigenvalue weighted by molar-refractivity contribution is -0.118. The Morgan fingerprint density at radius 3 is 2.08 bits per heavy atom. The van der Waals surface area contributed by atoms with Crippen molar-refractivity contribution in [2.75, 3.05) is 11.4 Å². The molecule has 0 spiro atoms. The van der Waals surface area contributed by atoms with Gasteiger partial charge >= 0.3 is 0 Å². The van der Waals surface area contributed by atoms with Gasteiger partial charge in [-0.05, 0) is 44.5 Å². The Bertz CT molecular complexity index is 843. The number of anilines is 1. The topological polar surface area (TPSA) is 66.5 Å². The lowest BCUT2D eigenvalue weighted by Crippen LogP contribution is -2.41. The van der Waals surface area contributed by atoms with Gasteiger partial charge in [0.05, 0.1) is 4.90 Å². The zero-order valence-corrected chi connectivity index (χ0v) is 14.5. The largest absolute Gasteiger partial charge is 0.311 e. The SMILES string of the molecule is Cc1ccc(N2CCC(NS(=O)(=O)c3ccc(C)cc3)C2=O)cc1. The van der Waals surface area contributed by atoms with E-state index in [1.165, 1.54) is 0 Å².